The molecule has 1 aliphatic carbocycles. The number of nitrogen functional groups attached to an aromatic ring is 1. The summed E-state index contributed by atoms with van der Waals surface area (Å²) in [6.07, 6.45) is 4.51. The van der Waals surface area contributed by atoms with Crippen LogP contribution in [-0.2, 0) is 0 Å². The van der Waals surface area contributed by atoms with E-state index in [9.17, 15) is 14.3 Å². The van der Waals surface area contributed by atoms with Crippen LogP contribution in [0.25, 0.3) is 0 Å². The summed E-state index contributed by atoms with van der Waals surface area (Å²) in [6, 6.07) is 4.31. The number of carbonyl (C=O) groups excluding carboxylic acids is 1. The third-order valence-corrected chi connectivity index (χ3v) is 5.00. The number of likely N-dealkylation sites (tertiary alicyclic amines) is 1. The van der Waals surface area contributed by atoms with Crippen molar-refractivity contribution in [1.29, 1.82) is 0 Å². The van der Waals surface area contributed by atoms with Gasteiger partial charge in [0, 0.05) is 19.0 Å². The summed E-state index contributed by atoms with van der Waals surface area (Å²) in [4.78, 5) is 14.3. The Bertz CT molecular complexity index is 563. The minimum atomic E-state index is -0.623. The molecular formula is C16H21FN2O2. The number of amides is 1. The molecule has 3 rings (SSSR count). The van der Waals surface area contributed by atoms with E-state index in [0.717, 1.165) is 25.7 Å². The molecule has 1 amide bonds. The normalized spacial score (nSPS) is 29.0. The fourth-order valence-corrected chi connectivity index (χ4v) is 3.65. The first-order chi connectivity index (χ1) is 10.0. The molecule has 2 unspecified atom stereocenters. The van der Waals surface area contributed by atoms with Crippen LogP contribution in [0, 0.1) is 11.7 Å². The van der Waals surface area contributed by atoms with E-state index in [2.05, 4.69) is 0 Å². The molecule has 3 N–H and O–H groups in total. The van der Waals surface area contributed by atoms with Gasteiger partial charge >= 0.3 is 0 Å². The third-order valence-electron chi connectivity index (χ3n) is 5.00. The molecule has 1 saturated carbocycles. The Hall–Kier alpha value is -1.62. The van der Waals surface area contributed by atoms with Gasteiger partial charge in [0.2, 0.25) is 0 Å². The number of nitrogens with zero attached hydrogens (tertiary/aromatic N) is 1. The summed E-state index contributed by atoms with van der Waals surface area (Å²) in [6.45, 7) is 1.03. The molecule has 5 heteroatoms. The number of rotatable bonds is 1. The van der Waals surface area contributed by atoms with Gasteiger partial charge < -0.3 is 15.7 Å². The van der Waals surface area contributed by atoms with Crippen LogP contribution in [0.3, 0.4) is 0 Å². The number of hydrogen-bond donors (Lipinski definition) is 2. The van der Waals surface area contributed by atoms with Crippen LogP contribution in [0.15, 0.2) is 18.2 Å². The van der Waals surface area contributed by atoms with E-state index in [4.69, 9.17) is 5.73 Å². The zero-order chi connectivity index (χ0) is 15.0. The van der Waals surface area contributed by atoms with E-state index in [1.807, 2.05) is 0 Å². The van der Waals surface area contributed by atoms with Crippen LogP contribution in [0.2, 0.25) is 0 Å². The minimum Gasteiger partial charge on any atom is -0.396 e. The Kier molecular flexibility index (Phi) is 3.61. The Morgan fingerprint density at radius 1 is 1.38 bits per heavy atom. The average Bonchev–Trinajstić information content (AvgIpc) is 2.48. The molecular weight excluding hydrogens is 271 g/mol. The largest absolute Gasteiger partial charge is 0.396 e. The molecule has 1 aromatic carbocycles. The molecule has 0 aromatic heterocycles. The lowest BCUT2D eigenvalue weighted by Gasteiger charge is -2.47. The number of nitrogens with two attached hydrogens (primary N) is 1. The zero-order valence-corrected chi connectivity index (χ0v) is 12.0. The summed E-state index contributed by atoms with van der Waals surface area (Å²) >= 11 is 0. The number of halogens is 1. The van der Waals surface area contributed by atoms with E-state index in [1.165, 1.54) is 12.1 Å². The second-order valence-corrected chi connectivity index (χ2v) is 6.25. The van der Waals surface area contributed by atoms with Gasteiger partial charge in [-0.1, -0.05) is 18.9 Å². The van der Waals surface area contributed by atoms with Gasteiger partial charge in [0.05, 0.1) is 16.9 Å². The van der Waals surface area contributed by atoms with Gasteiger partial charge in [-0.15, -0.1) is 0 Å². The van der Waals surface area contributed by atoms with Gasteiger partial charge in [-0.3, -0.25) is 4.79 Å². The van der Waals surface area contributed by atoms with Crippen LogP contribution in [0.1, 0.15) is 42.5 Å². The van der Waals surface area contributed by atoms with E-state index in [1.54, 1.807) is 11.0 Å². The highest BCUT2D eigenvalue weighted by molar-refractivity contribution is 5.99. The van der Waals surface area contributed by atoms with Gasteiger partial charge in [-0.2, -0.15) is 0 Å². The van der Waals surface area contributed by atoms with Crippen molar-refractivity contribution in [3.8, 4) is 0 Å². The quantitative estimate of drug-likeness (QED) is 0.780. The van der Waals surface area contributed by atoms with Crippen LogP contribution in [0.4, 0.5) is 10.1 Å². The van der Waals surface area contributed by atoms with Crippen molar-refractivity contribution in [1.82, 2.24) is 4.90 Å². The van der Waals surface area contributed by atoms with E-state index in [0.29, 0.717) is 19.5 Å². The molecule has 2 aliphatic rings. The molecule has 114 valence electrons. The van der Waals surface area contributed by atoms with E-state index >= 15 is 0 Å². The Labute approximate surface area is 123 Å². The number of piperidine rings is 1. The van der Waals surface area contributed by atoms with Gasteiger partial charge in [0.25, 0.3) is 5.91 Å². The molecule has 2 atom stereocenters. The maximum atomic E-state index is 13.5. The first-order valence-corrected chi connectivity index (χ1v) is 7.57. The van der Waals surface area contributed by atoms with Crippen LogP contribution >= 0.6 is 0 Å². The van der Waals surface area contributed by atoms with E-state index in [-0.39, 0.29) is 23.1 Å². The van der Waals surface area contributed by atoms with Crippen LogP contribution < -0.4 is 5.73 Å². The number of fused-ring (bicyclic) bond motifs is 1. The number of para-hydroxylation sites is 1. The third kappa shape index (κ3) is 2.50. The Balaban J connectivity index is 1.79. The van der Waals surface area contributed by atoms with Crippen LogP contribution in [-0.4, -0.2) is 34.6 Å². The molecule has 1 aliphatic heterocycles. The predicted octanol–water partition coefficient (Wildman–Crippen LogP) is 2.18. The SMILES string of the molecule is Nc1c(F)cccc1C(=O)N1CCC2(O)CCCCC2C1. The van der Waals surface area contributed by atoms with Crippen molar-refractivity contribution in [2.45, 2.75) is 37.7 Å². The summed E-state index contributed by atoms with van der Waals surface area (Å²) in [5, 5.41) is 10.6. The fourth-order valence-electron chi connectivity index (χ4n) is 3.65. The highest BCUT2D eigenvalue weighted by Crippen LogP contribution is 2.40. The van der Waals surface area contributed by atoms with Gasteiger partial charge in [0.1, 0.15) is 5.82 Å². The molecule has 2 fully saturated rings. The Morgan fingerprint density at radius 2 is 2.19 bits per heavy atom. The zero-order valence-electron chi connectivity index (χ0n) is 12.0. The number of hydrogen-bond acceptors (Lipinski definition) is 3. The van der Waals surface area contributed by atoms with E-state index < -0.39 is 11.4 Å². The lowest BCUT2D eigenvalue weighted by atomic mass is 9.71. The monoisotopic (exact) mass is 292 g/mol. The molecule has 1 saturated heterocycles. The van der Waals surface area contributed by atoms with Gasteiger partial charge in [-0.25, -0.2) is 4.39 Å². The highest BCUT2D eigenvalue weighted by Gasteiger charge is 2.43. The molecule has 1 aromatic rings. The van der Waals surface area contributed by atoms with Crippen molar-refractivity contribution < 1.29 is 14.3 Å². The maximum absolute atomic E-state index is 13.5. The average molecular weight is 292 g/mol. The highest BCUT2D eigenvalue weighted by atomic mass is 19.1. The number of anilines is 1. The summed E-state index contributed by atoms with van der Waals surface area (Å²) in [5.41, 5.74) is 5.18. The summed E-state index contributed by atoms with van der Waals surface area (Å²) < 4.78 is 13.5. The topological polar surface area (TPSA) is 66.6 Å². The fraction of sp³-hybridized carbons (Fsp3) is 0.562. The molecule has 0 spiro atoms. The smallest absolute Gasteiger partial charge is 0.256 e. The van der Waals surface area contributed by atoms with Crippen molar-refractivity contribution in [3.63, 3.8) is 0 Å². The lowest BCUT2D eigenvalue weighted by molar-refractivity contribution is -0.0886. The Morgan fingerprint density at radius 3 is 3.00 bits per heavy atom. The molecule has 4 nitrogen and oxygen atoms in total. The molecule has 1 heterocycles. The van der Waals surface area contributed by atoms with Crippen molar-refractivity contribution in [2.75, 3.05) is 18.8 Å². The molecule has 21 heavy (non-hydrogen) atoms. The predicted molar refractivity (Wildman–Crippen MR) is 78.2 cm³/mol. The second-order valence-electron chi connectivity index (χ2n) is 6.25. The van der Waals surface area contributed by atoms with Crippen LogP contribution in [0.5, 0.6) is 0 Å². The molecule has 0 bridgehead atoms. The summed E-state index contributed by atoms with van der Waals surface area (Å²) in [5.74, 6) is -0.676. The minimum absolute atomic E-state index is 0.0908. The number of carbonyl (C=O) groups is 1. The van der Waals surface area contributed by atoms with Crippen molar-refractivity contribution in [3.05, 3.63) is 29.6 Å². The first kappa shape index (κ1) is 14.3. The second kappa shape index (κ2) is 5.30. The maximum Gasteiger partial charge on any atom is 0.256 e. The summed E-state index contributed by atoms with van der Waals surface area (Å²) in [7, 11) is 0. The van der Waals surface area contributed by atoms with Gasteiger partial charge in [-0.05, 0) is 31.4 Å². The number of aliphatic hydroxyl groups is 1. The number of benzene rings is 1. The standard InChI is InChI=1S/C16H21FN2O2/c17-13-6-3-5-12(14(13)18)15(20)19-9-8-16(21)7-2-1-4-11(16)10-19/h3,5-6,11,21H,1-2,4,7-10,18H2. The van der Waals surface area contributed by atoms with Crippen molar-refractivity contribution in [2.24, 2.45) is 5.92 Å². The molecule has 0 radical (unpaired) electrons. The lowest BCUT2D eigenvalue weighted by Crippen LogP contribution is -2.54. The van der Waals surface area contributed by atoms with Crippen molar-refractivity contribution >= 4 is 11.6 Å². The van der Waals surface area contributed by atoms with Gasteiger partial charge in [0.15, 0.2) is 0 Å². The first-order valence-electron chi connectivity index (χ1n) is 7.57.